The summed E-state index contributed by atoms with van der Waals surface area (Å²) in [4.78, 5) is 13.8. The van der Waals surface area contributed by atoms with Gasteiger partial charge in [-0.25, -0.2) is 4.98 Å². The van der Waals surface area contributed by atoms with Crippen LogP contribution in [0.15, 0.2) is 48.0 Å². The van der Waals surface area contributed by atoms with Gasteiger partial charge >= 0.3 is 0 Å². The number of rotatable bonds is 5. The number of benzene rings is 1. The number of likely N-dealkylation sites (tertiary alicyclic amines) is 1. The first kappa shape index (κ1) is 26.0. The summed E-state index contributed by atoms with van der Waals surface area (Å²) in [5.74, 6) is 1.60. The molecule has 4 unspecified atom stereocenters. The van der Waals surface area contributed by atoms with Gasteiger partial charge in [0.25, 0.3) is 0 Å². The lowest BCUT2D eigenvalue weighted by molar-refractivity contribution is -0.0705. The summed E-state index contributed by atoms with van der Waals surface area (Å²) in [5.41, 5.74) is 2.71. The quantitative estimate of drug-likeness (QED) is 0.340. The molecule has 3 heterocycles. The van der Waals surface area contributed by atoms with Crippen molar-refractivity contribution >= 4 is 29.9 Å². The van der Waals surface area contributed by atoms with Crippen LogP contribution in [0.4, 0.5) is 0 Å². The number of hydrogen-bond donors (Lipinski definition) is 1. The second-order valence-corrected chi connectivity index (χ2v) is 9.41. The van der Waals surface area contributed by atoms with Gasteiger partial charge in [0.1, 0.15) is 0 Å². The number of ether oxygens (including phenoxy) is 1. The maximum absolute atomic E-state index is 5.91. The zero-order valence-corrected chi connectivity index (χ0v) is 22.7. The molecule has 33 heavy (non-hydrogen) atoms. The molecule has 2 saturated heterocycles. The average Bonchev–Trinajstić information content (AvgIpc) is 3.30. The molecule has 0 aliphatic carbocycles. The Morgan fingerprint density at radius 3 is 2.52 bits per heavy atom. The van der Waals surface area contributed by atoms with E-state index in [1.165, 1.54) is 11.1 Å². The monoisotopic (exact) mass is 566 g/mol. The summed E-state index contributed by atoms with van der Waals surface area (Å²) < 4.78 is 8.15. The Balaban J connectivity index is 0.00000306. The van der Waals surface area contributed by atoms with E-state index in [-0.39, 0.29) is 36.2 Å². The molecule has 2 aliphatic rings. The van der Waals surface area contributed by atoms with E-state index in [2.05, 4.69) is 80.9 Å². The highest BCUT2D eigenvalue weighted by Gasteiger charge is 2.29. The maximum Gasteiger partial charge on any atom is 0.193 e. The number of guanidine groups is 1. The van der Waals surface area contributed by atoms with E-state index >= 15 is 0 Å². The fourth-order valence-corrected chi connectivity index (χ4v) is 5.14. The Labute approximate surface area is 215 Å². The van der Waals surface area contributed by atoms with Crippen LogP contribution in [0.3, 0.4) is 0 Å². The highest BCUT2D eigenvalue weighted by Crippen LogP contribution is 2.27. The normalized spacial score (nSPS) is 26.7. The molecule has 1 aromatic carbocycles. The molecule has 0 bridgehead atoms. The molecule has 4 rings (SSSR count). The number of imidazole rings is 1. The minimum Gasteiger partial charge on any atom is -0.373 e. The van der Waals surface area contributed by atoms with Crippen LogP contribution >= 0.6 is 24.0 Å². The smallest absolute Gasteiger partial charge is 0.193 e. The Bertz CT molecular complexity index is 879. The third-order valence-electron chi connectivity index (χ3n) is 6.78. The number of nitrogens with one attached hydrogen (secondary N) is 1. The first-order valence-corrected chi connectivity index (χ1v) is 11.9. The van der Waals surface area contributed by atoms with Gasteiger partial charge in [-0.1, -0.05) is 31.2 Å². The third kappa shape index (κ3) is 6.70. The Kier molecular flexibility index (Phi) is 9.57. The molecular weight excluding hydrogens is 527 g/mol. The minimum atomic E-state index is 0. The molecule has 182 valence electrons. The van der Waals surface area contributed by atoms with Gasteiger partial charge < -0.3 is 19.5 Å². The number of aromatic nitrogens is 2. The van der Waals surface area contributed by atoms with Gasteiger partial charge in [0.15, 0.2) is 5.96 Å². The van der Waals surface area contributed by atoms with E-state index in [1.54, 1.807) is 0 Å². The van der Waals surface area contributed by atoms with Crippen molar-refractivity contribution in [3.8, 4) is 0 Å². The van der Waals surface area contributed by atoms with E-state index in [9.17, 15) is 0 Å². The molecule has 8 heteroatoms. The highest BCUT2D eigenvalue weighted by atomic mass is 127. The Morgan fingerprint density at radius 1 is 1.12 bits per heavy atom. The van der Waals surface area contributed by atoms with Gasteiger partial charge in [0, 0.05) is 58.7 Å². The van der Waals surface area contributed by atoms with Crippen LogP contribution < -0.4 is 5.32 Å². The van der Waals surface area contributed by atoms with E-state index in [0.29, 0.717) is 12.0 Å². The van der Waals surface area contributed by atoms with Gasteiger partial charge in [-0.15, -0.1) is 24.0 Å². The number of nitrogens with zero attached hydrogens (tertiary/aromatic N) is 5. The fourth-order valence-electron chi connectivity index (χ4n) is 5.14. The number of morpholine rings is 1. The third-order valence-corrected chi connectivity index (χ3v) is 6.78. The lowest BCUT2D eigenvalue weighted by Crippen LogP contribution is -2.48. The number of piperidine rings is 1. The molecule has 2 fully saturated rings. The van der Waals surface area contributed by atoms with Crippen LogP contribution in [0.25, 0.3) is 0 Å². The lowest BCUT2D eigenvalue weighted by Gasteiger charge is -2.39. The van der Waals surface area contributed by atoms with Gasteiger partial charge in [0.05, 0.1) is 24.6 Å². The standard InChI is InChI=1S/C25H38N6O.HI/c1-19-9-11-30(17-24(19)31-12-10-27-18-31)25(26-4)28-13-22-7-5-6-8-23(22)16-29-14-20(2)32-21(3)15-29;/h5-8,10,12,18-21,24H,9,11,13-17H2,1-4H3,(H,26,28);1H. The molecule has 7 nitrogen and oxygen atoms in total. The van der Waals surface area contributed by atoms with Crippen LogP contribution in [0.5, 0.6) is 0 Å². The van der Waals surface area contributed by atoms with Gasteiger partial charge in [-0.05, 0) is 37.3 Å². The van der Waals surface area contributed by atoms with Crippen LogP contribution in [-0.2, 0) is 17.8 Å². The molecule has 0 saturated carbocycles. The molecule has 0 amide bonds. The van der Waals surface area contributed by atoms with Crippen molar-refractivity contribution in [1.82, 2.24) is 24.7 Å². The average molecular weight is 567 g/mol. The molecule has 1 aromatic heterocycles. The predicted octanol–water partition coefficient (Wildman–Crippen LogP) is 3.77. The molecule has 2 aliphatic heterocycles. The summed E-state index contributed by atoms with van der Waals surface area (Å²) in [7, 11) is 1.88. The topological polar surface area (TPSA) is 57.9 Å². The summed E-state index contributed by atoms with van der Waals surface area (Å²) in [5, 5.41) is 3.64. The van der Waals surface area contributed by atoms with E-state index < -0.39 is 0 Å². The van der Waals surface area contributed by atoms with E-state index in [1.807, 2.05) is 19.6 Å². The van der Waals surface area contributed by atoms with Gasteiger partial charge in [-0.2, -0.15) is 0 Å². The second-order valence-electron chi connectivity index (χ2n) is 9.41. The van der Waals surface area contributed by atoms with Crippen molar-refractivity contribution in [3.63, 3.8) is 0 Å². The predicted molar refractivity (Wildman–Crippen MR) is 144 cm³/mol. The van der Waals surface area contributed by atoms with E-state index in [0.717, 1.165) is 51.6 Å². The minimum absolute atomic E-state index is 0. The number of halogens is 1. The van der Waals surface area contributed by atoms with Crippen LogP contribution in [0.2, 0.25) is 0 Å². The summed E-state index contributed by atoms with van der Waals surface area (Å²) in [6.45, 7) is 12.3. The molecule has 0 spiro atoms. The fraction of sp³-hybridized carbons (Fsp3) is 0.600. The molecular formula is C25H39IN6O. The SMILES string of the molecule is CN=C(NCc1ccccc1CN1CC(C)OC(C)C1)N1CCC(C)C(n2ccnc2)C1.I. The zero-order chi connectivity index (χ0) is 22.5. The molecule has 2 aromatic rings. The number of hydrogen-bond acceptors (Lipinski definition) is 4. The lowest BCUT2D eigenvalue weighted by atomic mass is 9.93. The first-order valence-electron chi connectivity index (χ1n) is 11.9. The summed E-state index contributed by atoms with van der Waals surface area (Å²) in [6, 6.07) is 9.17. The van der Waals surface area contributed by atoms with Crippen molar-refractivity contribution < 1.29 is 4.74 Å². The molecule has 4 atom stereocenters. The Hall–Kier alpha value is -1.65. The largest absolute Gasteiger partial charge is 0.373 e. The van der Waals surface area contributed by atoms with E-state index in [4.69, 9.17) is 4.74 Å². The van der Waals surface area contributed by atoms with Crippen LogP contribution in [0.1, 0.15) is 44.4 Å². The van der Waals surface area contributed by atoms with Gasteiger partial charge in [0.2, 0.25) is 0 Å². The summed E-state index contributed by atoms with van der Waals surface area (Å²) in [6.07, 6.45) is 7.59. The number of aliphatic imine (C=N–C) groups is 1. The maximum atomic E-state index is 5.91. The van der Waals surface area contributed by atoms with Crippen molar-refractivity contribution in [3.05, 3.63) is 54.1 Å². The summed E-state index contributed by atoms with van der Waals surface area (Å²) >= 11 is 0. The molecule has 0 radical (unpaired) electrons. The van der Waals surface area contributed by atoms with Crippen molar-refractivity contribution in [2.24, 2.45) is 10.9 Å². The van der Waals surface area contributed by atoms with Gasteiger partial charge in [-0.3, -0.25) is 9.89 Å². The van der Waals surface area contributed by atoms with Crippen LogP contribution in [-0.4, -0.2) is 70.7 Å². The second kappa shape index (κ2) is 12.2. The highest BCUT2D eigenvalue weighted by molar-refractivity contribution is 14.0. The van der Waals surface area contributed by atoms with Crippen LogP contribution in [0, 0.1) is 5.92 Å². The molecule has 1 N–H and O–H groups in total. The first-order chi connectivity index (χ1) is 15.5. The van der Waals surface area contributed by atoms with Crippen molar-refractivity contribution in [2.45, 2.75) is 58.5 Å². The van der Waals surface area contributed by atoms with Crippen molar-refractivity contribution in [1.29, 1.82) is 0 Å². The van der Waals surface area contributed by atoms with Crippen molar-refractivity contribution in [2.75, 3.05) is 33.2 Å². The Morgan fingerprint density at radius 2 is 1.85 bits per heavy atom. The zero-order valence-electron chi connectivity index (χ0n) is 20.4.